The lowest BCUT2D eigenvalue weighted by atomic mass is 10.1. The van der Waals surface area contributed by atoms with Crippen molar-refractivity contribution in [3.63, 3.8) is 0 Å². The van der Waals surface area contributed by atoms with Gasteiger partial charge in [-0.1, -0.05) is 46.7 Å². The Morgan fingerprint density at radius 1 is 1.30 bits per heavy atom. The summed E-state index contributed by atoms with van der Waals surface area (Å²) in [4.78, 5) is 15.6. The molecule has 0 bridgehead atoms. The third-order valence-corrected chi connectivity index (χ3v) is 5.32. The van der Waals surface area contributed by atoms with Gasteiger partial charge in [0.05, 0.1) is 5.75 Å². The standard InChI is InChI=1S/C18H20N6O2S/c1-11-2-4-12(5-3-11)16-20-15(26-23-16)10-27-18-22-21-17(13-6-7-13)24(18)9-8-14(19)25/h2-5,13H,6-10H2,1H3,(H2,19,25). The van der Waals surface area contributed by atoms with Crippen LogP contribution in [0.5, 0.6) is 0 Å². The van der Waals surface area contributed by atoms with Crippen LogP contribution in [0.3, 0.4) is 0 Å². The van der Waals surface area contributed by atoms with Gasteiger partial charge in [0.15, 0.2) is 5.16 Å². The van der Waals surface area contributed by atoms with Crippen molar-refractivity contribution in [2.45, 2.75) is 49.6 Å². The Balaban J connectivity index is 1.45. The maximum atomic E-state index is 11.2. The number of rotatable bonds is 8. The van der Waals surface area contributed by atoms with E-state index in [2.05, 4.69) is 20.3 Å². The van der Waals surface area contributed by atoms with Gasteiger partial charge in [0, 0.05) is 24.4 Å². The summed E-state index contributed by atoms with van der Waals surface area (Å²) in [6.45, 7) is 2.53. The fourth-order valence-electron chi connectivity index (χ4n) is 2.74. The van der Waals surface area contributed by atoms with Crippen molar-refractivity contribution < 1.29 is 9.32 Å². The highest BCUT2D eigenvalue weighted by atomic mass is 32.2. The Kier molecular flexibility index (Phi) is 4.93. The summed E-state index contributed by atoms with van der Waals surface area (Å²) in [5.41, 5.74) is 7.40. The average Bonchev–Trinajstić information content (AvgIpc) is 3.24. The van der Waals surface area contributed by atoms with Crippen LogP contribution < -0.4 is 5.73 Å². The molecule has 0 atom stereocenters. The summed E-state index contributed by atoms with van der Waals surface area (Å²) < 4.78 is 7.35. The van der Waals surface area contributed by atoms with Gasteiger partial charge in [0.1, 0.15) is 5.82 Å². The van der Waals surface area contributed by atoms with Crippen molar-refractivity contribution in [1.82, 2.24) is 24.9 Å². The van der Waals surface area contributed by atoms with Crippen LogP contribution in [0.2, 0.25) is 0 Å². The number of aryl methyl sites for hydroxylation is 1. The average molecular weight is 384 g/mol. The summed E-state index contributed by atoms with van der Waals surface area (Å²) >= 11 is 1.47. The molecule has 9 heteroatoms. The van der Waals surface area contributed by atoms with Crippen LogP contribution in [-0.2, 0) is 17.1 Å². The molecule has 0 aliphatic heterocycles. The zero-order valence-electron chi connectivity index (χ0n) is 15.0. The van der Waals surface area contributed by atoms with Gasteiger partial charge in [0.2, 0.25) is 17.6 Å². The predicted octanol–water partition coefficient (Wildman–Crippen LogP) is 2.68. The zero-order valence-corrected chi connectivity index (χ0v) is 15.8. The quantitative estimate of drug-likeness (QED) is 0.594. The summed E-state index contributed by atoms with van der Waals surface area (Å²) in [7, 11) is 0. The summed E-state index contributed by atoms with van der Waals surface area (Å²) in [6.07, 6.45) is 2.50. The predicted molar refractivity (Wildman–Crippen MR) is 99.8 cm³/mol. The molecule has 0 saturated heterocycles. The molecular weight excluding hydrogens is 364 g/mol. The second kappa shape index (κ2) is 7.51. The number of hydrogen-bond acceptors (Lipinski definition) is 7. The van der Waals surface area contributed by atoms with Crippen LogP contribution in [0, 0.1) is 6.92 Å². The highest BCUT2D eigenvalue weighted by molar-refractivity contribution is 7.98. The largest absolute Gasteiger partial charge is 0.370 e. The van der Waals surface area contributed by atoms with E-state index < -0.39 is 0 Å². The molecule has 3 aromatic rings. The van der Waals surface area contributed by atoms with Gasteiger partial charge in [-0.05, 0) is 19.8 Å². The molecule has 1 aliphatic rings. The number of benzene rings is 1. The molecule has 1 aliphatic carbocycles. The molecule has 1 amide bonds. The topological polar surface area (TPSA) is 113 Å². The van der Waals surface area contributed by atoms with Crippen LogP contribution in [-0.4, -0.2) is 30.8 Å². The van der Waals surface area contributed by atoms with Crippen molar-refractivity contribution in [2.24, 2.45) is 5.73 Å². The van der Waals surface area contributed by atoms with Crippen LogP contribution in [0.1, 0.15) is 42.5 Å². The maximum absolute atomic E-state index is 11.2. The van der Waals surface area contributed by atoms with E-state index in [9.17, 15) is 4.79 Å². The fourth-order valence-corrected chi connectivity index (χ4v) is 3.55. The van der Waals surface area contributed by atoms with Crippen molar-refractivity contribution in [1.29, 1.82) is 0 Å². The molecule has 0 radical (unpaired) electrons. The molecule has 8 nitrogen and oxygen atoms in total. The molecule has 1 saturated carbocycles. The molecule has 2 N–H and O–H groups in total. The van der Waals surface area contributed by atoms with E-state index in [1.54, 1.807) is 0 Å². The lowest BCUT2D eigenvalue weighted by molar-refractivity contribution is -0.118. The highest BCUT2D eigenvalue weighted by Gasteiger charge is 2.30. The maximum Gasteiger partial charge on any atom is 0.237 e. The number of nitrogens with two attached hydrogens (primary N) is 1. The minimum absolute atomic E-state index is 0.267. The van der Waals surface area contributed by atoms with Gasteiger partial charge in [0.25, 0.3) is 0 Å². The van der Waals surface area contributed by atoms with Crippen molar-refractivity contribution in [2.75, 3.05) is 0 Å². The van der Waals surface area contributed by atoms with Gasteiger partial charge < -0.3 is 14.8 Å². The molecule has 2 heterocycles. The van der Waals surface area contributed by atoms with Crippen LogP contribution in [0.4, 0.5) is 0 Å². The number of carbonyl (C=O) groups excluding carboxylic acids is 1. The first-order chi connectivity index (χ1) is 13.1. The number of nitrogens with zero attached hydrogens (tertiary/aromatic N) is 5. The van der Waals surface area contributed by atoms with E-state index >= 15 is 0 Å². The molecule has 140 valence electrons. The highest BCUT2D eigenvalue weighted by Crippen LogP contribution is 2.40. The van der Waals surface area contributed by atoms with E-state index in [4.69, 9.17) is 10.3 Å². The van der Waals surface area contributed by atoms with Crippen molar-refractivity contribution in [3.8, 4) is 11.4 Å². The van der Waals surface area contributed by atoms with Gasteiger partial charge in [-0.25, -0.2) is 0 Å². The first kappa shape index (κ1) is 17.7. The molecule has 0 spiro atoms. The Bertz CT molecular complexity index is 945. The van der Waals surface area contributed by atoms with Crippen molar-refractivity contribution >= 4 is 17.7 Å². The van der Waals surface area contributed by atoms with Gasteiger partial charge >= 0.3 is 0 Å². The van der Waals surface area contributed by atoms with E-state index in [1.807, 2.05) is 35.8 Å². The number of amides is 1. The van der Waals surface area contributed by atoms with E-state index in [1.165, 1.54) is 17.3 Å². The second-order valence-corrected chi connectivity index (χ2v) is 7.59. The SMILES string of the molecule is Cc1ccc(-c2noc(CSc3nnc(C4CC4)n3CCC(N)=O)n2)cc1. The van der Waals surface area contributed by atoms with Crippen LogP contribution in [0.15, 0.2) is 33.9 Å². The van der Waals surface area contributed by atoms with E-state index in [0.717, 1.165) is 29.4 Å². The monoisotopic (exact) mass is 384 g/mol. The Morgan fingerprint density at radius 3 is 2.78 bits per heavy atom. The van der Waals surface area contributed by atoms with Crippen LogP contribution in [0.25, 0.3) is 11.4 Å². The van der Waals surface area contributed by atoms with Crippen molar-refractivity contribution in [3.05, 3.63) is 41.5 Å². The smallest absolute Gasteiger partial charge is 0.237 e. The number of aromatic nitrogens is 5. The number of thioether (sulfide) groups is 1. The van der Waals surface area contributed by atoms with Gasteiger partial charge in [-0.15, -0.1) is 10.2 Å². The molecule has 2 aromatic heterocycles. The van der Waals surface area contributed by atoms with Gasteiger partial charge in [-0.3, -0.25) is 4.79 Å². The summed E-state index contributed by atoms with van der Waals surface area (Å²) in [5.74, 6) is 2.62. The molecule has 4 rings (SSSR count). The molecule has 27 heavy (non-hydrogen) atoms. The lowest BCUT2D eigenvalue weighted by Crippen LogP contribution is -2.15. The normalized spacial score (nSPS) is 13.8. The zero-order chi connectivity index (χ0) is 18.8. The summed E-state index contributed by atoms with van der Waals surface area (Å²) in [5, 5.41) is 13.4. The Morgan fingerprint density at radius 2 is 2.07 bits per heavy atom. The third kappa shape index (κ3) is 4.19. The van der Waals surface area contributed by atoms with Crippen LogP contribution >= 0.6 is 11.8 Å². The Hall–Kier alpha value is -2.68. The van der Waals surface area contributed by atoms with E-state index in [-0.39, 0.29) is 12.3 Å². The molecule has 1 aromatic carbocycles. The van der Waals surface area contributed by atoms with E-state index in [0.29, 0.717) is 29.9 Å². The second-order valence-electron chi connectivity index (χ2n) is 6.65. The minimum atomic E-state index is -0.332. The number of primary amides is 1. The number of carbonyl (C=O) groups is 1. The van der Waals surface area contributed by atoms with Gasteiger partial charge in [-0.2, -0.15) is 4.98 Å². The molecule has 0 unspecified atom stereocenters. The summed E-state index contributed by atoms with van der Waals surface area (Å²) in [6, 6.07) is 7.97. The minimum Gasteiger partial charge on any atom is -0.370 e. The number of hydrogen-bond donors (Lipinski definition) is 1. The molecular formula is C18H20N6O2S. The molecule has 1 fully saturated rings. The lowest BCUT2D eigenvalue weighted by Gasteiger charge is -2.07. The Labute approximate surface area is 160 Å². The first-order valence-electron chi connectivity index (χ1n) is 8.84. The first-order valence-corrected chi connectivity index (χ1v) is 9.82. The fraction of sp³-hybridized carbons (Fsp3) is 0.389. The third-order valence-electron chi connectivity index (χ3n) is 4.37.